The van der Waals surface area contributed by atoms with Crippen molar-refractivity contribution in [2.45, 2.75) is 0 Å². The number of hydrogen-bond donors (Lipinski definition) is 0. The highest BCUT2D eigenvalue weighted by Crippen LogP contribution is 2.36. The van der Waals surface area contributed by atoms with E-state index in [0.29, 0.717) is 17.5 Å². The minimum Gasteiger partial charge on any atom is -0.456 e. The summed E-state index contributed by atoms with van der Waals surface area (Å²) in [6.45, 7) is 0. The largest absolute Gasteiger partial charge is 0.456 e. The maximum absolute atomic E-state index is 6.57. The predicted molar refractivity (Wildman–Crippen MR) is 195 cm³/mol. The maximum Gasteiger partial charge on any atom is 0.164 e. The van der Waals surface area contributed by atoms with Gasteiger partial charge in [0.15, 0.2) is 17.5 Å². The van der Waals surface area contributed by atoms with E-state index in [9.17, 15) is 0 Å². The van der Waals surface area contributed by atoms with Gasteiger partial charge in [0.2, 0.25) is 0 Å². The molecule has 0 saturated heterocycles. The van der Waals surface area contributed by atoms with E-state index in [1.54, 1.807) is 0 Å². The lowest BCUT2D eigenvalue weighted by molar-refractivity contribution is 0.668. The molecule has 10 aromatic rings. The average Bonchev–Trinajstić information content (AvgIpc) is 3.69. The molecule has 0 fully saturated rings. The van der Waals surface area contributed by atoms with Gasteiger partial charge in [0.05, 0.1) is 11.0 Å². The lowest BCUT2D eigenvalue weighted by atomic mass is 10.1. The molecule has 0 spiro atoms. The molecular weight excluding hydrogens is 589 g/mol. The van der Waals surface area contributed by atoms with Gasteiger partial charge >= 0.3 is 0 Å². The molecule has 0 aliphatic rings. The number of aromatic nitrogens is 4. The summed E-state index contributed by atoms with van der Waals surface area (Å²) in [7, 11) is 0. The summed E-state index contributed by atoms with van der Waals surface area (Å²) in [6.07, 6.45) is 0. The fourth-order valence-corrected chi connectivity index (χ4v) is 6.92. The third-order valence-corrected chi connectivity index (χ3v) is 9.23. The molecule has 0 bridgehead atoms. The zero-order valence-electron chi connectivity index (χ0n) is 25.7. The topological polar surface area (TPSA) is 56.7 Å². The van der Waals surface area contributed by atoms with E-state index in [4.69, 9.17) is 19.4 Å². The summed E-state index contributed by atoms with van der Waals surface area (Å²) in [5.74, 6) is 1.86. The summed E-state index contributed by atoms with van der Waals surface area (Å²) in [6, 6.07) is 54.5. The van der Waals surface area contributed by atoms with Crippen LogP contribution in [0, 0.1) is 0 Å². The summed E-state index contributed by atoms with van der Waals surface area (Å²) in [5, 5.41) is 6.90. The third-order valence-electron chi connectivity index (χ3n) is 9.23. The Labute approximate surface area is 275 Å². The highest BCUT2D eigenvalue weighted by Gasteiger charge is 2.17. The van der Waals surface area contributed by atoms with Crippen molar-refractivity contribution in [3.63, 3.8) is 0 Å². The second-order valence-electron chi connectivity index (χ2n) is 12.1. The zero-order valence-corrected chi connectivity index (χ0v) is 25.7. The van der Waals surface area contributed by atoms with Crippen LogP contribution in [0.3, 0.4) is 0 Å². The summed E-state index contributed by atoms with van der Waals surface area (Å²) >= 11 is 0. The molecule has 0 amide bonds. The zero-order chi connectivity index (χ0) is 31.6. The van der Waals surface area contributed by atoms with Crippen LogP contribution in [0.4, 0.5) is 0 Å². The van der Waals surface area contributed by atoms with Crippen molar-refractivity contribution in [3.05, 3.63) is 158 Å². The van der Waals surface area contributed by atoms with Gasteiger partial charge in [-0.3, -0.25) is 0 Å². The Morgan fingerprint density at radius 3 is 1.65 bits per heavy atom. The van der Waals surface area contributed by atoms with E-state index in [1.807, 2.05) is 36.4 Å². The van der Waals surface area contributed by atoms with Crippen LogP contribution in [0.5, 0.6) is 0 Å². The van der Waals surface area contributed by atoms with Crippen LogP contribution in [-0.4, -0.2) is 19.5 Å². The molecule has 0 radical (unpaired) electrons. The number of hydrogen-bond acceptors (Lipinski definition) is 4. The molecule has 0 aliphatic heterocycles. The third kappa shape index (κ3) is 4.22. The molecule has 0 saturated carbocycles. The smallest absolute Gasteiger partial charge is 0.164 e. The predicted octanol–water partition coefficient (Wildman–Crippen LogP) is 11.0. The van der Waals surface area contributed by atoms with Crippen molar-refractivity contribution in [2.24, 2.45) is 0 Å². The van der Waals surface area contributed by atoms with Gasteiger partial charge in [0, 0.05) is 50.0 Å². The number of para-hydroxylation sites is 2. The summed E-state index contributed by atoms with van der Waals surface area (Å²) in [5.41, 5.74) is 7.76. The van der Waals surface area contributed by atoms with Crippen LogP contribution in [0.25, 0.3) is 94.4 Å². The fourth-order valence-electron chi connectivity index (χ4n) is 6.92. The second-order valence-corrected chi connectivity index (χ2v) is 12.1. The number of furan rings is 1. The lowest BCUT2D eigenvalue weighted by Crippen LogP contribution is -2.00. The van der Waals surface area contributed by atoms with Crippen molar-refractivity contribution < 1.29 is 4.42 Å². The molecular formula is C43H26N4O. The van der Waals surface area contributed by atoms with Gasteiger partial charge < -0.3 is 8.98 Å². The molecule has 48 heavy (non-hydrogen) atoms. The van der Waals surface area contributed by atoms with Crippen LogP contribution >= 0.6 is 0 Å². The van der Waals surface area contributed by atoms with Crippen molar-refractivity contribution in [3.8, 4) is 39.9 Å². The van der Waals surface area contributed by atoms with Crippen LogP contribution in [0.15, 0.2) is 162 Å². The normalized spacial score (nSPS) is 11.8. The van der Waals surface area contributed by atoms with E-state index in [1.165, 1.54) is 27.2 Å². The minimum absolute atomic E-state index is 0.598. The van der Waals surface area contributed by atoms with Crippen molar-refractivity contribution in [1.29, 1.82) is 0 Å². The number of nitrogens with zero attached hydrogens (tertiary/aromatic N) is 4. The standard InChI is InChI=1S/C43H26N4O/c1-2-11-28(12-3-1)41-44-42(30-19-18-27-10-4-5-13-29(27)24-30)46-43(45-41)31-20-22-35-36-23-21-32(26-40(36)48-39(35)25-31)47-37-16-8-6-14-33(37)34-15-7-9-17-38(34)47/h1-26H. The van der Waals surface area contributed by atoms with Crippen molar-refractivity contribution >= 4 is 54.5 Å². The first-order chi connectivity index (χ1) is 23.8. The Hall–Kier alpha value is -6.59. The minimum atomic E-state index is 0.598. The van der Waals surface area contributed by atoms with Gasteiger partial charge in [-0.05, 0) is 53.2 Å². The fraction of sp³-hybridized carbons (Fsp3) is 0. The van der Waals surface area contributed by atoms with Crippen LogP contribution in [0.1, 0.15) is 0 Å². The Morgan fingerprint density at radius 2 is 0.917 bits per heavy atom. The highest BCUT2D eigenvalue weighted by molar-refractivity contribution is 6.10. The monoisotopic (exact) mass is 614 g/mol. The molecule has 7 aromatic carbocycles. The Bertz CT molecular complexity index is 2800. The van der Waals surface area contributed by atoms with Crippen molar-refractivity contribution in [1.82, 2.24) is 19.5 Å². The van der Waals surface area contributed by atoms with Crippen LogP contribution in [0.2, 0.25) is 0 Å². The SMILES string of the molecule is c1ccc(-c2nc(-c3ccc4ccccc4c3)nc(-c3ccc4c(c3)oc3cc(-n5c6ccccc6c6ccccc65)ccc34)n2)cc1. The van der Waals surface area contributed by atoms with E-state index in [-0.39, 0.29) is 0 Å². The molecule has 5 heteroatoms. The second kappa shape index (κ2) is 10.5. The number of rotatable bonds is 4. The van der Waals surface area contributed by atoms with Gasteiger partial charge in [0.25, 0.3) is 0 Å². The number of benzene rings is 7. The molecule has 5 nitrogen and oxygen atoms in total. The summed E-state index contributed by atoms with van der Waals surface area (Å²) < 4.78 is 8.88. The quantitative estimate of drug-likeness (QED) is 0.198. The Balaban J connectivity index is 1.12. The molecule has 0 N–H and O–H groups in total. The molecule has 0 atom stereocenters. The molecule has 3 aromatic heterocycles. The molecule has 10 rings (SSSR count). The first-order valence-corrected chi connectivity index (χ1v) is 16.0. The van der Waals surface area contributed by atoms with Gasteiger partial charge in [-0.2, -0.15) is 0 Å². The van der Waals surface area contributed by atoms with Crippen molar-refractivity contribution in [2.75, 3.05) is 0 Å². The Morgan fingerprint density at radius 1 is 0.375 bits per heavy atom. The maximum atomic E-state index is 6.57. The van der Waals surface area contributed by atoms with E-state index >= 15 is 0 Å². The van der Waals surface area contributed by atoms with E-state index < -0.39 is 0 Å². The lowest BCUT2D eigenvalue weighted by Gasteiger charge is -2.09. The molecule has 0 aliphatic carbocycles. The van der Waals surface area contributed by atoms with Gasteiger partial charge in [-0.25, -0.2) is 15.0 Å². The molecule has 0 unspecified atom stereocenters. The van der Waals surface area contributed by atoms with E-state index in [0.717, 1.165) is 49.7 Å². The first-order valence-electron chi connectivity index (χ1n) is 16.0. The van der Waals surface area contributed by atoms with Gasteiger partial charge in [-0.15, -0.1) is 0 Å². The molecule has 224 valence electrons. The van der Waals surface area contributed by atoms with Gasteiger partial charge in [-0.1, -0.05) is 109 Å². The van der Waals surface area contributed by atoms with Crippen LogP contribution < -0.4 is 0 Å². The summed E-state index contributed by atoms with van der Waals surface area (Å²) in [4.78, 5) is 14.9. The van der Waals surface area contributed by atoms with Crippen LogP contribution in [-0.2, 0) is 0 Å². The van der Waals surface area contributed by atoms with Gasteiger partial charge in [0.1, 0.15) is 11.2 Å². The molecule has 3 heterocycles. The number of fused-ring (bicyclic) bond motifs is 7. The average molecular weight is 615 g/mol. The Kier molecular flexibility index (Phi) is 5.81. The highest BCUT2D eigenvalue weighted by atomic mass is 16.3. The van der Waals surface area contributed by atoms with E-state index in [2.05, 4.69) is 126 Å². The first kappa shape index (κ1) is 26.6.